The molecule has 0 aromatic heterocycles. The van der Waals surface area contributed by atoms with Crippen molar-refractivity contribution in [1.29, 1.82) is 0 Å². The van der Waals surface area contributed by atoms with E-state index in [4.69, 9.17) is 0 Å². The van der Waals surface area contributed by atoms with E-state index in [2.05, 4.69) is 18.6 Å². The molecule has 0 aliphatic heterocycles. The molecule has 1 N–H and O–H groups in total. The maximum Gasteiger partial charge on any atom is 0.261 e. The molecule has 1 atom stereocenters. The molecule has 0 unspecified atom stereocenters. The zero-order valence-electron chi connectivity index (χ0n) is 16.4. The van der Waals surface area contributed by atoms with Crippen LogP contribution in [0, 0.1) is 0 Å². The van der Waals surface area contributed by atoms with Gasteiger partial charge in [0.05, 0.1) is 4.90 Å². The number of nitrogens with one attached hydrogen (secondary N) is 1. The minimum atomic E-state index is -3.71. The Morgan fingerprint density at radius 3 is 2.22 bits per heavy atom. The second kappa shape index (κ2) is 9.04. The summed E-state index contributed by atoms with van der Waals surface area (Å²) in [6.45, 7) is 9.25. The molecule has 0 bridgehead atoms. The van der Waals surface area contributed by atoms with Crippen LogP contribution in [0.4, 0.5) is 5.69 Å². The van der Waals surface area contributed by atoms with Crippen molar-refractivity contribution in [3.63, 3.8) is 0 Å². The largest absolute Gasteiger partial charge is 0.339 e. The van der Waals surface area contributed by atoms with Crippen LogP contribution in [0.2, 0.25) is 0 Å². The van der Waals surface area contributed by atoms with Crippen molar-refractivity contribution in [2.24, 2.45) is 0 Å². The highest BCUT2D eigenvalue weighted by atomic mass is 32.2. The number of benzene rings is 2. The second-order valence-corrected chi connectivity index (χ2v) is 8.22. The van der Waals surface area contributed by atoms with Crippen LogP contribution in [0.15, 0.2) is 53.4 Å². The van der Waals surface area contributed by atoms with Gasteiger partial charge in [0, 0.05) is 24.3 Å². The van der Waals surface area contributed by atoms with Gasteiger partial charge < -0.3 is 4.90 Å². The lowest BCUT2D eigenvalue weighted by molar-refractivity contribution is 0.0773. The van der Waals surface area contributed by atoms with E-state index in [-0.39, 0.29) is 10.8 Å². The molecule has 2 rings (SSSR count). The third kappa shape index (κ3) is 5.10. The summed E-state index contributed by atoms with van der Waals surface area (Å²) in [5.41, 5.74) is 1.95. The highest BCUT2D eigenvalue weighted by molar-refractivity contribution is 7.92. The average Bonchev–Trinajstić information content (AvgIpc) is 2.68. The highest BCUT2D eigenvalue weighted by Crippen LogP contribution is 2.22. The average molecular weight is 389 g/mol. The van der Waals surface area contributed by atoms with E-state index in [1.807, 2.05) is 26.0 Å². The van der Waals surface area contributed by atoms with Gasteiger partial charge in [-0.3, -0.25) is 9.52 Å². The van der Waals surface area contributed by atoms with Crippen LogP contribution in [0.3, 0.4) is 0 Å². The normalized spacial score (nSPS) is 12.4. The van der Waals surface area contributed by atoms with Crippen molar-refractivity contribution >= 4 is 21.6 Å². The summed E-state index contributed by atoms with van der Waals surface area (Å²) in [4.78, 5) is 14.4. The fourth-order valence-electron chi connectivity index (χ4n) is 2.83. The first-order valence-electron chi connectivity index (χ1n) is 9.34. The van der Waals surface area contributed by atoms with Crippen molar-refractivity contribution in [3.8, 4) is 0 Å². The summed E-state index contributed by atoms with van der Waals surface area (Å²) in [5, 5.41) is 0. The molecule has 6 heteroatoms. The van der Waals surface area contributed by atoms with Crippen LogP contribution in [0.25, 0.3) is 0 Å². The molecule has 0 aliphatic rings. The van der Waals surface area contributed by atoms with Gasteiger partial charge in [-0.15, -0.1) is 0 Å². The molecule has 2 aromatic carbocycles. The molecule has 5 nitrogen and oxygen atoms in total. The van der Waals surface area contributed by atoms with Crippen molar-refractivity contribution in [3.05, 3.63) is 59.7 Å². The molecular weight excluding hydrogens is 360 g/mol. The Morgan fingerprint density at radius 2 is 1.67 bits per heavy atom. The fourth-order valence-corrected chi connectivity index (χ4v) is 3.88. The first kappa shape index (κ1) is 21.0. The standard InChI is InChI=1S/C21H28N2O3S/c1-5-16(4)17-11-13-20(14-12-17)27(25,26)22-19-10-8-9-18(15-19)21(24)23(6-2)7-3/h8-16,22H,5-7H2,1-4H3/t16-/m0/s1. The lowest BCUT2D eigenvalue weighted by Gasteiger charge is -2.19. The third-order valence-electron chi connectivity index (χ3n) is 4.78. The van der Waals surface area contributed by atoms with E-state index in [1.54, 1.807) is 41.3 Å². The number of rotatable bonds is 8. The Hall–Kier alpha value is -2.34. The van der Waals surface area contributed by atoms with E-state index >= 15 is 0 Å². The molecule has 0 aliphatic carbocycles. The molecule has 0 saturated heterocycles. The van der Waals surface area contributed by atoms with Gasteiger partial charge in [0.1, 0.15) is 0 Å². The van der Waals surface area contributed by atoms with Gasteiger partial charge in [-0.25, -0.2) is 8.42 Å². The summed E-state index contributed by atoms with van der Waals surface area (Å²) in [5.74, 6) is 0.274. The number of hydrogen-bond acceptors (Lipinski definition) is 3. The van der Waals surface area contributed by atoms with E-state index < -0.39 is 10.0 Å². The Morgan fingerprint density at radius 1 is 1.04 bits per heavy atom. The van der Waals surface area contributed by atoms with E-state index in [0.29, 0.717) is 30.3 Å². The maximum atomic E-state index is 12.7. The number of hydrogen-bond donors (Lipinski definition) is 1. The van der Waals surface area contributed by atoms with Gasteiger partial charge in [0.15, 0.2) is 0 Å². The summed E-state index contributed by atoms with van der Waals surface area (Å²) < 4.78 is 27.9. The first-order valence-corrected chi connectivity index (χ1v) is 10.8. The van der Waals surface area contributed by atoms with Crippen LogP contribution >= 0.6 is 0 Å². The molecular formula is C21H28N2O3S. The van der Waals surface area contributed by atoms with Gasteiger partial charge >= 0.3 is 0 Å². The van der Waals surface area contributed by atoms with E-state index in [0.717, 1.165) is 12.0 Å². The Kier molecular flexibility index (Phi) is 7.02. The lowest BCUT2D eigenvalue weighted by Crippen LogP contribution is -2.30. The highest BCUT2D eigenvalue weighted by Gasteiger charge is 2.17. The maximum absolute atomic E-state index is 12.7. The fraction of sp³-hybridized carbons (Fsp3) is 0.381. The zero-order chi connectivity index (χ0) is 20.0. The molecule has 0 radical (unpaired) electrons. The van der Waals surface area contributed by atoms with Gasteiger partial charge in [0.25, 0.3) is 15.9 Å². The number of sulfonamides is 1. The smallest absolute Gasteiger partial charge is 0.261 e. The predicted octanol–water partition coefficient (Wildman–Crippen LogP) is 4.48. The Labute approximate surface area is 162 Å². The summed E-state index contributed by atoms with van der Waals surface area (Å²) in [6, 6.07) is 13.5. The number of nitrogens with zero attached hydrogens (tertiary/aromatic N) is 1. The minimum Gasteiger partial charge on any atom is -0.339 e. The van der Waals surface area contributed by atoms with Crippen LogP contribution in [-0.2, 0) is 10.0 Å². The van der Waals surface area contributed by atoms with E-state index in [1.165, 1.54) is 0 Å². The monoisotopic (exact) mass is 388 g/mol. The van der Waals surface area contributed by atoms with Gasteiger partial charge in [0.2, 0.25) is 0 Å². The van der Waals surface area contributed by atoms with Crippen molar-refractivity contribution in [1.82, 2.24) is 4.90 Å². The Bertz CT molecular complexity index is 873. The topological polar surface area (TPSA) is 66.5 Å². The van der Waals surface area contributed by atoms with Crippen molar-refractivity contribution < 1.29 is 13.2 Å². The number of anilines is 1. The molecule has 0 saturated carbocycles. The number of carbonyl (C=O) groups excluding carboxylic acids is 1. The molecule has 146 valence electrons. The van der Waals surface area contributed by atoms with Crippen molar-refractivity contribution in [2.45, 2.75) is 44.9 Å². The Balaban J connectivity index is 2.23. The molecule has 0 fully saturated rings. The van der Waals surface area contributed by atoms with E-state index in [9.17, 15) is 13.2 Å². The van der Waals surface area contributed by atoms with Crippen LogP contribution in [-0.4, -0.2) is 32.3 Å². The molecule has 27 heavy (non-hydrogen) atoms. The predicted molar refractivity (Wildman–Crippen MR) is 110 cm³/mol. The number of carbonyl (C=O) groups is 1. The molecule has 1 amide bonds. The number of amides is 1. The zero-order valence-corrected chi connectivity index (χ0v) is 17.2. The molecule has 0 spiro atoms. The SMILES string of the molecule is CC[C@H](C)c1ccc(S(=O)(=O)Nc2cccc(C(=O)N(CC)CC)c2)cc1. The van der Waals surface area contributed by atoms with Crippen LogP contribution < -0.4 is 4.72 Å². The summed E-state index contributed by atoms with van der Waals surface area (Å²) in [7, 11) is -3.71. The quantitative estimate of drug-likeness (QED) is 0.725. The van der Waals surface area contributed by atoms with Gasteiger partial charge in [-0.05, 0) is 62.1 Å². The second-order valence-electron chi connectivity index (χ2n) is 6.54. The van der Waals surface area contributed by atoms with Gasteiger partial charge in [-0.2, -0.15) is 0 Å². The minimum absolute atomic E-state index is 0.112. The first-order chi connectivity index (χ1) is 12.8. The van der Waals surface area contributed by atoms with Crippen LogP contribution in [0.5, 0.6) is 0 Å². The summed E-state index contributed by atoms with van der Waals surface area (Å²) in [6.07, 6.45) is 0.998. The summed E-state index contributed by atoms with van der Waals surface area (Å²) >= 11 is 0. The van der Waals surface area contributed by atoms with Gasteiger partial charge in [-0.1, -0.05) is 32.0 Å². The third-order valence-corrected chi connectivity index (χ3v) is 6.18. The van der Waals surface area contributed by atoms with Crippen molar-refractivity contribution in [2.75, 3.05) is 17.8 Å². The molecule has 0 heterocycles. The van der Waals surface area contributed by atoms with Crippen LogP contribution in [0.1, 0.15) is 56.0 Å². The lowest BCUT2D eigenvalue weighted by atomic mass is 9.99. The molecule has 2 aromatic rings.